The van der Waals surface area contributed by atoms with Crippen LogP contribution in [0.1, 0.15) is 77.1 Å². The summed E-state index contributed by atoms with van der Waals surface area (Å²) in [6.45, 7) is 8.87. The fraction of sp³-hybridized carbons (Fsp3) is 0.450. The van der Waals surface area contributed by atoms with E-state index >= 15 is 0 Å². The number of alkyl carbamates (subject to hydrolysis) is 1. The molecule has 4 N–H and O–H groups in total. The van der Waals surface area contributed by atoms with Gasteiger partial charge in [-0.3, -0.25) is 9.59 Å². The summed E-state index contributed by atoms with van der Waals surface area (Å²) in [4.78, 5) is 74.8. The van der Waals surface area contributed by atoms with Crippen molar-refractivity contribution in [2.24, 2.45) is 16.8 Å². The second kappa shape index (κ2) is 16.0. The average Bonchev–Trinajstić information content (AvgIpc) is 4.03. The van der Waals surface area contributed by atoms with Crippen molar-refractivity contribution in [2.45, 2.75) is 77.5 Å². The molecule has 2 fully saturated rings. The molecule has 15 heteroatoms. The largest absolute Gasteiger partial charge is 0.453 e. The molecule has 4 atom stereocenters. The molecule has 2 saturated heterocycles. The van der Waals surface area contributed by atoms with Gasteiger partial charge in [0.1, 0.15) is 23.7 Å². The van der Waals surface area contributed by atoms with E-state index in [2.05, 4.69) is 25.2 Å². The summed E-state index contributed by atoms with van der Waals surface area (Å²) in [6.07, 6.45) is 3.74. The van der Waals surface area contributed by atoms with Crippen molar-refractivity contribution in [2.75, 3.05) is 27.3 Å². The summed E-state index contributed by atoms with van der Waals surface area (Å²) in [5, 5.41) is 2.69. The molecule has 4 unspecified atom stereocenters. The quantitative estimate of drug-likeness (QED) is 0.0486. The molecule has 3 amide bonds. The smallest absolute Gasteiger partial charge is 0.407 e. The Morgan fingerprint density at radius 2 is 1.38 bits per heavy atom. The van der Waals surface area contributed by atoms with Gasteiger partial charge in [-0.2, -0.15) is 4.89 Å². The Hall–Kier alpha value is -5.70. The van der Waals surface area contributed by atoms with Gasteiger partial charge < -0.3 is 39.7 Å². The van der Waals surface area contributed by atoms with E-state index in [1.165, 1.54) is 25.6 Å². The third kappa shape index (κ3) is 7.66. The first kappa shape index (κ1) is 36.3. The minimum absolute atomic E-state index is 0.0365. The number of aromatic nitrogens is 5. The first-order valence-electron chi connectivity index (χ1n) is 19.3. The van der Waals surface area contributed by atoms with Crippen LogP contribution in [0.5, 0.6) is 0 Å². The number of carbonyl (C=O) groups excluding carboxylic acids is 3. The Morgan fingerprint density at radius 3 is 1.87 bits per heavy atom. The summed E-state index contributed by atoms with van der Waals surface area (Å²) in [7, 11) is 2.67. The number of benzene rings is 2. The predicted octanol–water partition coefficient (Wildman–Crippen LogP) is 6.44. The van der Waals surface area contributed by atoms with Gasteiger partial charge in [-0.15, -0.1) is 0 Å². The molecule has 2 aromatic carbocycles. The maximum atomic E-state index is 13.6. The third-order valence-corrected chi connectivity index (χ3v) is 10.6. The zero-order chi connectivity index (χ0) is 39.7. The van der Waals surface area contributed by atoms with Gasteiger partial charge in [0.05, 0.1) is 48.4 Å². The van der Waals surface area contributed by atoms with Gasteiger partial charge in [0.15, 0.2) is 1.41 Å². The number of methoxy groups -OCH3 is 1. The van der Waals surface area contributed by atoms with E-state index in [4.69, 9.17) is 21.0 Å². The number of imidazole rings is 2. The molecule has 0 bridgehead atoms. The number of nitrogens with one attached hydrogen (secondary N) is 4. The van der Waals surface area contributed by atoms with Crippen molar-refractivity contribution >= 4 is 46.4 Å². The first-order valence-corrected chi connectivity index (χ1v) is 18.9. The van der Waals surface area contributed by atoms with Crippen molar-refractivity contribution in [3.8, 4) is 22.5 Å². The van der Waals surface area contributed by atoms with Crippen LogP contribution in [0.15, 0.2) is 53.5 Å². The number of fused-ring (bicyclic) bond motifs is 2. The molecule has 5 aromatic rings. The molecule has 2 aliphatic heterocycles. The van der Waals surface area contributed by atoms with Gasteiger partial charge >= 0.3 is 6.09 Å². The van der Waals surface area contributed by atoms with Crippen LogP contribution in [0.3, 0.4) is 0 Å². The van der Waals surface area contributed by atoms with E-state index in [-0.39, 0.29) is 35.7 Å². The molecule has 0 saturated carbocycles. The first-order chi connectivity index (χ1) is 27.0. The zero-order valence-electron chi connectivity index (χ0n) is 33.0. The van der Waals surface area contributed by atoms with E-state index in [1.807, 2.05) is 81.1 Å². The fourth-order valence-electron chi connectivity index (χ4n) is 7.71. The number of hydrogen-bond acceptors (Lipinski definition) is 9. The van der Waals surface area contributed by atoms with E-state index in [9.17, 15) is 14.4 Å². The highest BCUT2D eigenvalue weighted by atomic mass is 17.2. The Kier molecular flexibility index (Phi) is 10.5. The average molecular weight is 753 g/mol. The number of aliphatic imine (C=N–C) groups is 1. The van der Waals surface area contributed by atoms with Gasteiger partial charge in [-0.25, -0.2) is 19.8 Å². The molecule has 7 rings (SSSR count). The van der Waals surface area contributed by atoms with E-state index in [0.29, 0.717) is 30.3 Å². The summed E-state index contributed by atoms with van der Waals surface area (Å²) in [5.74, 6) is 1.00. The lowest BCUT2D eigenvalue weighted by molar-refractivity contribution is -0.188. The standard InChI is InChI=1S/C40H49N9O6/c1-22(2)34(41-21-55-54-6)38(50)48-17-7-9-32(48)36-43-28-13-11-24(19-30(28)45-36)26-15-16-27(42-26)25-12-14-29-31(20-25)46-37(44-29)33-10-8-18-49(33)39(51)35(23(3)4)47-40(52)53-5/h11-16,19-23,32-35,42H,7-10,17-18H2,1-6H3,(H,43,45)(H,44,46)(H,47,52)/b41-21+/i/hD. The van der Waals surface area contributed by atoms with Gasteiger partial charge in [0, 0.05) is 35.6 Å². The molecule has 290 valence electrons. The highest BCUT2D eigenvalue weighted by molar-refractivity contribution is 5.88. The molecule has 0 radical (unpaired) electrons. The van der Waals surface area contributed by atoms with Crippen LogP contribution >= 0.6 is 0 Å². The molecule has 0 aliphatic carbocycles. The second-order valence-electron chi connectivity index (χ2n) is 14.9. The maximum Gasteiger partial charge on any atom is 0.407 e. The van der Waals surface area contributed by atoms with Crippen LogP contribution in [0.25, 0.3) is 44.6 Å². The van der Waals surface area contributed by atoms with Crippen LogP contribution in [-0.2, 0) is 24.1 Å². The summed E-state index contributed by atoms with van der Waals surface area (Å²) >= 11 is 0. The van der Waals surface area contributed by atoms with Crippen molar-refractivity contribution < 1.29 is 30.3 Å². The lowest BCUT2D eigenvalue weighted by Gasteiger charge is -2.29. The molecule has 3 aromatic heterocycles. The monoisotopic (exact) mass is 752 g/mol. The Balaban J connectivity index is 1.10. The van der Waals surface area contributed by atoms with Crippen LogP contribution in [-0.4, -0.2) is 98.4 Å². The predicted molar refractivity (Wildman–Crippen MR) is 208 cm³/mol. The number of likely N-dealkylation sites (tertiary alicyclic amines) is 2. The second-order valence-corrected chi connectivity index (χ2v) is 14.9. The summed E-state index contributed by atoms with van der Waals surface area (Å²) in [5.41, 5.74) is 6.25. The van der Waals surface area contributed by atoms with Gasteiger partial charge in [-0.1, -0.05) is 39.8 Å². The Labute approximate surface area is 320 Å². The number of hydrogen-bond donors (Lipinski definition) is 4. The zero-order valence-corrected chi connectivity index (χ0v) is 32.0. The van der Waals surface area contributed by atoms with Crippen LogP contribution in [0, 0.1) is 11.8 Å². The topological polar surface area (TPSA) is 183 Å². The SMILES string of the molecule is [2H]n1c(-c2ccc3nc(C4CCCN4C(=O)C(/N=C/OOC)C(C)C)[nH]c3c2)ccc1-c1ccc2nc(C3CCCN3C(=O)C(NC(=O)OC)C(C)C)[nH]c2c1. The van der Waals surface area contributed by atoms with Crippen molar-refractivity contribution in [1.82, 2.24) is 40.0 Å². The molecular formula is C40H49N9O6. The van der Waals surface area contributed by atoms with Crippen molar-refractivity contribution in [3.63, 3.8) is 0 Å². The molecule has 55 heavy (non-hydrogen) atoms. The number of amides is 3. The normalized spacial score (nSPS) is 18.9. The van der Waals surface area contributed by atoms with Gasteiger partial charge in [-0.05, 0) is 73.9 Å². The van der Waals surface area contributed by atoms with E-state index in [0.717, 1.165) is 64.7 Å². The maximum absolute atomic E-state index is 13.6. The number of aromatic amines is 3. The summed E-state index contributed by atoms with van der Waals surface area (Å²) < 4.78 is 13.9. The summed E-state index contributed by atoms with van der Waals surface area (Å²) in [6, 6.07) is 13.8. The molecular weight excluding hydrogens is 702 g/mol. The number of ether oxygens (including phenoxy) is 1. The number of H-pyrrole nitrogens is 3. The third-order valence-electron chi connectivity index (χ3n) is 10.6. The minimum atomic E-state index is -0.714. The van der Waals surface area contributed by atoms with Crippen LogP contribution in [0.2, 0.25) is 1.41 Å². The van der Waals surface area contributed by atoms with Crippen molar-refractivity contribution in [1.29, 1.82) is 0 Å². The van der Waals surface area contributed by atoms with Crippen molar-refractivity contribution in [3.05, 3.63) is 60.2 Å². The fourth-order valence-corrected chi connectivity index (χ4v) is 7.71. The lowest BCUT2D eigenvalue weighted by Crippen LogP contribution is -2.51. The van der Waals surface area contributed by atoms with Crippen LogP contribution in [0.4, 0.5) is 4.79 Å². The lowest BCUT2D eigenvalue weighted by atomic mass is 10.0. The van der Waals surface area contributed by atoms with E-state index in [1.54, 1.807) is 4.90 Å². The number of rotatable bonds is 12. The highest BCUT2D eigenvalue weighted by Crippen LogP contribution is 2.36. The minimum Gasteiger partial charge on any atom is -0.453 e. The number of nitrogens with zero attached hydrogens (tertiary/aromatic N) is 5. The van der Waals surface area contributed by atoms with Gasteiger partial charge in [0.25, 0.3) is 0 Å². The molecule has 0 spiro atoms. The van der Waals surface area contributed by atoms with Gasteiger partial charge in [0.2, 0.25) is 18.2 Å². The number of carbonyl (C=O) groups is 3. The van der Waals surface area contributed by atoms with E-state index < -0.39 is 18.2 Å². The Bertz CT molecular complexity index is 2260. The molecule has 15 nitrogen and oxygen atoms in total. The molecule has 5 heterocycles. The van der Waals surface area contributed by atoms with Crippen LogP contribution < -0.4 is 5.32 Å². The Morgan fingerprint density at radius 1 is 0.836 bits per heavy atom. The highest BCUT2D eigenvalue weighted by Gasteiger charge is 2.38. The molecule has 2 aliphatic rings.